The molecule has 0 saturated carbocycles. The Morgan fingerprint density at radius 2 is 1.79 bits per heavy atom. The van der Waals surface area contributed by atoms with Gasteiger partial charge in [-0.05, 0) is 67.5 Å². The van der Waals surface area contributed by atoms with Gasteiger partial charge in [0, 0.05) is 6.54 Å². The van der Waals surface area contributed by atoms with Gasteiger partial charge in [0.1, 0.15) is 11.8 Å². The fourth-order valence-electron chi connectivity index (χ4n) is 3.78. The van der Waals surface area contributed by atoms with Gasteiger partial charge in [0.2, 0.25) is 5.91 Å². The molecule has 1 N–H and O–H groups in total. The second-order valence-electron chi connectivity index (χ2n) is 7.91. The molecule has 0 spiro atoms. The fourth-order valence-corrected chi connectivity index (χ4v) is 4.19. The van der Waals surface area contributed by atoms with E-state index in [4.69, 9.17) is 17.0 Å². The topological polar surface area (TPSA) is 87.7 Å². The largest absolute Gasteiger partial charge is 0.497 e. The normalized spacial score (nSPS) is 15.5. The highest BCUT2D eigenvalue weighted by molar-refractivity contribution is 7.80. The van der Waals surface area contributed by atoms with Crippen molar-refractivity contribution in [3.05, 3.63) is 78.0 Å². The lowest BCUT2D eigenvalue weighted by atomic mass is 10.1. The number of amides is 2. The summed E-state index contributed by atoms with van der Waals surface area (Å²) in [7, 11) is 1.62. The van der Waals surface area contributed by atoms with Gasteiger partial charge >= 0.3 is 0 Å². The van der Waals surface area contributed by atoms with E-state index >= 15 is 0 Å². The summed E-state index contributed by atoms with van der Waals surface area (Å²) in [6, 6.07) is 19.7. The molecule has 1 fully saturated rings. The van der Waals surface area contributed by atoms with Crippen LogP contribution in [-0.2, 0) is 16.0 Å². The first kappa shape index (κ1) is 23.3. The van der Waals surface area contributed by atoms with E-state index in [9.17, 15) is 9.59 Å². The van der Waals surface area contributed by atoms with E-state index in [1.165, 1.54) is 4.90 Å². The van der Waals surface area contributed by atoms with Crippen LogP contribution in [0.4, 0.5) is 11.5 Å². The highest BCUT2D eigenvalue weighted by atomic mass is 32.1. The standard InChI is InChI=1S/C25H25N5O3S/c1-17-8-13-22(28-27-17)26-23(31)16-21-24(32)30(19-6-4-3-5-7-19)25(34)29(21)15-14-18-9-11-20(33-2)12-10-18/h3-13,21H,14-16H2,1-2H3,(H,26,28,31). The molecule has 2 heterocycles. The van der Waals surface area contributed by atoms with Crippen molar-refractivity contribution < 1.29 is 14.3 Å². The third-order valence-electron chi connectivity index (χ3n) is 5.58. The zero-order valence-corrected chi connectivity index (χ0v) is 19.8. The van der Waals surface area contributed by atoms with Crippen molar-refractivity contribution in [1.29, 1.82) is 0 Å². The van der Waals surface area contributed by atoms with Crippen LogP contribution in [0.15, 0.2) is 66.7 Å². The van der Waals surface area contributed by atoms with Crippen LogP contribution in [0.1, 0.15) is 17.7 Å². The molecule has 8 nitrogen and oxygen atoms in total. The maximum atomic E-state index is 13.4. The molecular formula is C25H25N5O3S. The van der Waals surface area contributed by atoms with Crippen molar-refractivity contribution >= 4 is 40.6 Å². The van der Waals surface area contributed by atoms with Gasteiger partial charge in [-0.3, -0.25) is 14.5 Å². The van der Waals surface area contributed by atoms with Gasteiger partial charge in [-0.15, -0.1) is 5.10 Å². The zero-order valence-electron chi connectivity index (χ0n) is 19.0. The van der Waals surface area contributed by atoms with Crippen molar-refractivity contribution in [2.45, 2.75) is 25.8 Å². The SMILES string of the molecule is COc1ccc(CCN2C(=S)N(c3ccccc3)C(=O)C2CC(=O)Nc2ccc(C)nn2)cc1. The van der Waals surface area contributed by atoms with Crippen LogP contribution in [0, 0.1) is 6.92 Å². The highest BCUT2D eigenvalue weighted by Gasteiger charge is 2.43. The lowest BCUT2D eigenvalue weighted by Gasteiger charge is -2.24. The quantitative estimate of drug-likeness (QED) is 0.500. The molecule has 1 atom stereocenters. The van der Waals surface area contributed by atoms with Crippen LogP contribution in [0.2, 0.25) is 0 Å². The van der Waals surface area contributed by atoms with Crippen molar-refractivity contribution in [1.82, 2.24) is 15.1 Å². The first-order valence-corrected chi connectivity index (χ1v) is 11.3. The van der Waals surface area contributed by atoms with E-state index < -0.39 is 6.04 Å². The Balaban J connectivity index is 1.53. The number of carbonyl (C=O) groups excluding carboxylic acids is 2. The summed E-state index contributed by atoms with van der Waals surface area (Å²) in [6.07, 6.45) is 0.599. The van der Waals surface area contributed by atoms with Crippen molar-refractivity contribution in [3.63, 3.8) is 0 Å². The second-order valence-corrected chi connectivity index (χ2v) is 8.28. The molecule has 3 aromatic rings. The molecule has 34 heavy (non-hydrogen) atoms. The fraction of sp³-hybridized carbons (Fsp3) is 0.240. The van der Waals surface area contributed by atoms with E-state index in [0.29, 0.717) is 29.6 Å². The van der Waals surface area contributed by atoms with Crippen LogP contribution in [0.5, 0.6) is 5.75 Å². The summed E-state index contributed by atoms with van der Waals surface area (Å²) >= 11 is 5.71. The number of nitrogens with zero attached hydrogens (tertiary/aromatic N) is 4. The molecule has 1 unspecified atom stereocenters. The van der Waals surface area contributed by atoms with Crippen LogP contribution in [-0.4, -0.2) is 51.7 Å². The van der Waals surface area contributed by atoms with E-state index in [-0.39, 0.29) is 18.2 Å². The van der Waals surface area contributed by atoms with Gasteiger partial charge in [0.25, 0.3) is 5.91 Å². The molecule has 1 aliphatic heterocycles. The van der Waals surface area contributed by atoms with Gasteiger partial charge < -0.3 is 15.0 Å². The zero-order chi connectivity index (χ0) is 24.1. The number of para-hydroxylation sites is 1. The van der Waals surface area contributed by atoms with Gasteiger partial charge in [0.05, 0.1) is 24.9 Å². The maximum Gasteiger partial charge on any atom is 0.256 e. The Morgan fingerprint density at radius 3 is 2.44 bits per heavy atom. The van der Waals surface area contributed by atoms with E-state index in [1.54, 1.807) is 19.2 Å². The van der Waals surface area contributed by atoms with Gasteiger partial charge in [0.15, 0.2) is 10.9 Å². The average molecular weight is 476 g/mol. The average Bonchev–Trinajstić information content (AvgIpc) is 3.08. The minimum Gasteiger partial charge on any atom is -0.497 e. The summed E-state index contributed by atoms with van der Waals surface area (Å²) in [5.41, 5.74) is 2.50. The number of thiocarbonyl (C=S) groups is 1. The minimum atomic E-state index is -0.718. The lowest BCUT2D eigenvalue weighted by molar-refractivity contribution is -0.124. The summed E-state index contributed by atoms with van der Waals surface area (Å²) in [5, 5.41) is 11.0. The van der Waals surface area contributed by atoms with Crippen molar-refractivity contribution in [2.24, 2.45) is 0 Å². The summed E-state index contributed by atoms with van der Waals surface area (Å²) in [5.74, 6) is 0.563. The third-order valence-corrected chi connectivity index (χ3v) is 5.99. The number of hydrogen-bond acceptors (Lipinski definition) is 6. The monoisotopic (exact) mass is 475 g/mol. The molecule has 0 bridgehead atoms. The van der Waals surface area contributed by atoms with Crippen LogP contribution >= 0.6 is 12.2 Å². The Morgan fingerprint density at radius 1 is 1.06 bits per heavy atom. The summed E-state index contributed by atoms with van der Waals surface area (Å²) in [4.78, 5) is 29.6. The van der Waals surface area contributed by atoms with E-state index in [0.717, 1.165) is 17.0 Å². The van der Waals surface area contributed by atoms with Gasteiger partial charge in [-0.1, -0.05) is 30.3 Å². The number of methoxy groups -OCH3 is 1. The van der Waals surface area contributed by atoms with Crippen LogP contribution in [0.25, 0.3) is 0 Å². The van der Waals surface area contributed by atoms with Crippen LogP contribution < -0.4 is 15.0 Å². The third kappa shape index (κ3) is 5.20. The molecule has 0 radical (unpaired) electrons. The Labute approximate surface area is 203 Å². The number of ether oxygens (including phenoxy) is 1. The summed E-state index contributed by atoms with van der Waals surface area (Å²) in [6.45, 7) is 2.30. The van der Waals surface area contributed by atoms with Crippen LogP contribution in [0.3, 0.4) is 0 Å². The van der Waals surface area contributed by atoms with Crippen molar-refractivity contribution in [3.8, 4) is 5.75 Å². The first-order chi connectivity index (χ1) is 16.5. The van der Waals surface area contributed by atoms with E-state index in [2.05, 4.69) is 15.5 Å². The molecule has 2 amide bonds. The number of hydrogen-bond donors (Lipinski definition) is 1. The maximum absolute atomic E-state index is 13.4. The lowest BCUT2D eigenvalue weighted by Crippen LogP contribution is -2.39. The molecular weight excluding hydrogens is 450 g/mol. The number of aryl methyl sites for hydroxylation is 1. The van der Waals surface area contributed by atoms with E-state index in [1.807, 2.05) is 66.4 Å². The molecule has 9 heteroatoms. The first-order valence-electron chi connectivity index (χ1n) is 10.9. The molecule has 2 aromatic carbocycles. The minimum absolute atomic E-state index is 0.0551. The Bertz CT molecular complexity index is 1170. The highest BCUT2D eigenvalue weighted by Crippen LogP contribution is 2.27. The Hall–Kier alpha value is -3.85. The molecule has 4 rings (SSSR count). The molecule has 1 aliphatic rings. The number of carbonyl (C=O) groups is 2. The van der Waals surface area contributed by atoms with Gasteiger partial charge in [-0.25, -0.2) is 0 Å². The smallest absolute Gasteiger partial charge is 0.256 e. The number of benzene rings is 2. The van der Waals surface area contributed by atoms with Gasteiger partial charge in [-0.2, -0.15) is 5.10 Å². The molecule has 1 aromatic heterocycles. The number of nitrogens with one attached hydrogen (secondary N) is 1. The predicted octanol–water partition coefficient (Wildman–Crippen LogP) is 3.37. The predicted molar refractivity (Wildman–Crippen MR) is 134 cm³/mol. The molecule has 1 saturated heterocycles. The van der Waals surface area contributed by atoms with Crippen molar-refractivity contribution in [2.75, 3.05) is 23.9 Å². The Kier molecular flexibility index (Phi) is 7.12. The number of aromatic nitrogens is 2. The molecule has 0 aliphatic carbocycles. The second kappa shape index (κ2) is 10.4. The number of rotatable bonds is 8. The molecule has 174 valence electrons. The number of anilines is 2. The summed E-state index contributed by atoms with van der Waals surface area (Å²) < 4.78 is 5.22.